The molecule has 1 fully saturated rings. The Hall–Kier alpha value is -1.06. The first-order valence-corrected chi connectivity index (χ1v) is 6.93. The van der Waals surface area contributed by atoms with Gasteiger partial charge in [-0.25, -0.2) is 0 Å². The van der Waals surface area contributed by atoms with Gasteiger partial charge in [-0.05, 0) is 63.0 Å². The minimum atomic E-state index is 0.878. The first kappa shape index (κ1) is 13.4. The first-order valence-electron chi connectivity index (χ1n) is 6.93. The maximum atomic E-state index is 5.35. The van der Waals surface area contributed by atoms with Gasteiger partial charge in [0.25, 0.3) is 0 Å². The van der Waals surface area contributed by atoms with E-state index in [1.807, 2.05) is 12.1 Å². The van der Waals surface area contributed by atoms with Gasteiger partial charge in [0.05, 0.1) is 7.11 Å². The summed E-state index contributed by atoms with van der Waals surface area (Å²) in [4.78, 5) is 0. The van der Waals surface area contributed by atoms with Crippen LogP contribution < -0.4 is 15.4 Å². The number of hydrogen-bond donors (Lipinski definition) is 2. The van der Waals surface area contributed by atoms with Gasteiger partial charge in [-0.15, -0.1) is 0 Å². The molecule has 3 nitrogen and oxygen atoms in total. The molecule has 18 heavy (non-hydrogen) atoms. The minimum Gasteiger partial charge on any atom is -0.496 e. The van der Waals surface area contributed by atoms with E-state index in [1.54, 1.807) is 7.11 Å². The Morgan fingerprint density at radius 2 is 2.22 bits per heavy atom. The smallest absolute Gasteiger partial charge is 0.122 e. The quantitative estimate of drug-likeness (QED) is 0.722. The third-order valence-corrected chi connectivity index (χ3v) is 3.66. The van der Waals surface area contributed by atoms with Crippen LogP contribution >= 0.6 is 0 Å². The number of nitrogens with one attached hydrogen (secondary N) is 2. The summed E-state index contributed by atoms with van der Waals surface area (Å²) < 4.78 is 5.35. The predicted octanol–water partition coefficient (Wildman–Crippen LogP) is 1.83. The Bertz CT molecular complexity index is 348. The van der Waals surface area contributed by atoms with E-state index in [0.717, 1.165) is 31.2 Å². The van der Waals surface area contributed by atoms with Crippen LogP contribution in [0.25, 0.3) is 0 Å². The van der Waals surface area contributed by atoms with Crippen LogP contribution in [0.4, 0.5) is 0 Å². The lowest BCUT2D eigenvalue weighted by atomic mass is 10.1. The molecular weight excluding hydrogens is 224 g/mol. The normalized spacial score (nSPS) is 19.1. The molecule has 3 heteroatoms. The summed E-state index contributed by atoms with van der Waals surface area (Å²) in [7, 11) is 1.74. The highest BCUT2D eigenvalue weighted by atomic mass is 16.5. The molecule has 1 aromatic rings. The molecule has 1 aromatic carbocycles. The van der Waals surface area contributed by atoms with E-state index in [9.17, 15) is 0 Å². The van der Waals surface area contributed by atoms with Crippen molar-refractivity contribution in [2.75, 3.05) is 33.3 Å². The summed E-state index contributed by atoms with van der Waals surface area (Å²) >= 11 is 0. The Morgan fingerprint density at radius 3 is 3.00 bits per heavy atom. The fourth-order valence-corrected chi connectivity index (χ4v) is 2.52. The molecule has 0 spiro atoms. The average Bonchev–Trinajstić information content (AvgIpc) is 2.92. The first-order chi connectivity index (χ1) is 8.90. The maximum Gasteiger partial charge on any atom is 0.122 e. The van der Waals surface area contributed by atoms with Crippen molar-refractivity contribution in [1.29, 1.82) is 0 Å². The SMILES string of the molecule is COc1ccccc1CCNCCC1CCNC1. The lowest BCUT2D eigenvalue weighted by molar-refractivity contribution is 0.408. The highest BCUT2D eigenvalue weighted by molar-refractivity contribution is 5.33. The fourth-order valence-electron chi connectivity index (χ4n) is 2.52. The van der Waals surface area contributed by atoms with Crippen molar-refractivity contribution in [1.82, 2.24) is 10.6 Å². The van der Waals surface area contributed by atoms with Gasteiger partial charge < -0.3 is 15.4 Å². The summed E-state index contributed by atoms with van der Waals surface area (Å²) in [6.07, 6.45) is 3.67. The number of rotatable bonds is 7. The Morgan fingerprint density at radius 1 is 1.33 bits per heavy atom. The largest absolute Gasteiger partial charge is 0.496 e. The molecule has 2 N–H and O–H groups in total. The van der Waals surface area contributed by atoms with E-state index in [0.29, 0.717) is 0 Å². The Kier molecular flexibility index (Phi) is 5.49. The second-order valence-electron chi connectivity index (χ2n) is 4.96. The summed E-state index contributed by atoms with van der Waals surface area (Å²) in [5, 5.41) is 6.94. The molecule has 1 aliphatic rings. The zero-order valence-electron chi connectivity index (χ0n) is 11.2. The number of ether oxygens (including phenoxy) is 1. The molecule has 0 bridgehead atoms. The number of benzene rings is 1. The van der Waals surface area contributed by atoms with E-state index < -0.39 is 0 Å². The van der Waals surface area contributed by atoms with Crippen molar-refractivity contribution in [2.24, 2.45) is 5.92 Å². The lowest BCUT2D eigenvalue weighted by Gasteiger charge is -2.11. The summed E-state index contributed by atoms with van der Waals surface area (Å²) in [5.74, 6) is 1.88. The van der Waals surface area contributed by atoms with Crippen LogP contribution in [0.1, 0.15) is 18.4 Å². The van der Waals surface area contributed by atoms with Crippen LogP contribution in [0, 0.1) is 5.92 Å². The van der Waals surface area contributed by atoms with E-state index in [-0.39, 0.29) is 0 Å². The molecule has 1 atom stereocenters. The van der Waals surface area contributed by atoms with E-state index in [1.165, 1.54) is 31.5 Å². The fraction of sp³-hybridized carbons (Fsp3) is 0.600. The summed E-state index contributed by atoms with van der Waals surface area (Å²) in [6.45, 7) is 4.56. The van der Waals surface area contributed by atoms with Gasteiger partial charge in [0.1, 0.15) is 5.75 Å². The van der Waals surface area contributed by atoms with Gasteiger partial charge >= 0.3 is 0 Å². The van der Waals surface area contributed by atoms with Crippen LogP contribution in [0.5, 0.6) is 5.75 Å². The number of hydrogen-bond acceptors (Lipinski definition) is 3. The molecule has 0 saturated carbocycles. The summed E-state index contributed by atoms with van der Waals surface area (Å²) in [6, 6.07) is 8.26. The molecule has 1 unspecified atom stereocenters. The molecule has 0 radical (unpaired) electrons. The van der Waals surface area contributed by atoms with Gasteiger partial charge in [0.2, 0.25) is 0 Å². The minimum absolute atomic E-state index is 0.878. The number of para-hydroxylation sites is 1. The molecular formula is C15H24N2O. The van der Waals surface area contributed by atoms with Crippen molar-refractivity contribution in [3.05, 3.63) is 29.8 Å². The van der Waals surface area contributed by atoms with Crippen molar-refractivity contribution in [3.63, 3.8) is 0 Å². The van der Waals surface area contributed by atoms with E-state index in [4.69, 9.17) is 4.74 Å². The van der Waals surface area contributed by atoms with Gasteiger partial charge in [-0.3, -0.25) is 0 Å². The molecule has 0 amide bonds. The molecule has 2 rings (SSSR count). The zero-order chi connectivity index (χ0) is 12.6. The molecule has 1 saturated heterocycles. The topological polar surface area (TPSA) is 33.3 Å². The third kappa shape index (κ3) is 4.00. The van der Waals surface area contributed by atoms with Gasteiger partial charge in [-0.1, -0.05) is 18.2 Å². The van der Waals surface area contributed by atoms with Crippen molar-refractivity contribution < 1.29 is 4.74 Å². The molecule has 0 aromatic heterocycles. The van der Waals surface area contributed by atoms with Gasteiger partial charge in [0.15, 0.2) is 0 Å². The third-order valence-electron chi connectivity index (χ3n) is 3.66. The standard InChI is InChI=1S/C15H24N2O/c1-18-15-5-3-2-4-14(15)8-11-16-9-6-13-7-10-17-12-13/h2-5,13,16-17H,6-12H2,1H3. The van der Waals surface area contributed by atoms with E-state index >= 15 is 0 Å². The predicted molar refractivity (Wildman–Crippen MR) is 75.2 cm³/mol. The van der Waals surface area contributed by atoms with Crippen molar-refractivity contribution in [2.45, 2.75) is 19.3 Å². The van der Waals surface area contributed by atoms with Gasteiger partial charge in [-0.2, -0.15) is 0 Å². The highest BCUT2D eigenvalue weighted by Crippen LogP contribution is 2.17. The Balaban J connectivity index is 1.62. The Labute approximate surface area is 110 Å². The zero-order valence-corrected chi connectivity index (χ0v) is 11.2. The maximum absolute atomic E-state index is 5.35. The number of methoxy groups -OCH3 is 1. The van der Waals surface area contributed by atoms with Crippen molar-refractivity contribution in [3.8, 4) is 5.75 Å². The van der Waals surface area contributed by atoms with Crippen LogP contribution in [0.2, 0.25) is 0 Å². The monoisotopic (exact) mass is 248 g/mol. The van der Waals surface area contributed by atoms with Gasteiger partial charge in [0, 0.05) is 0 Å². The molecule has 100 valence electrons. The van der Waals surface area contributed by atoms with Crippen molar-refractivity contribution >= 4 is 0 Å². The molecule has 1 heterocycles. The van der Waals surface area contributed by atoms with Crippen LogP contribution in [-0.2, 0) is 6.42 Å². The van der Waals surface area contributed by atoms with Crippen LogP contribution in [0.15, 0.2) is 24.3 Å². The van der Waals surface area contributed by atoms with E-state index in [2.05, 4.69) is 22.8 Å². The van der Waals surface area contributed by atoms with Crippen LogP contribution in [-0.4, -0.2) is 33.3 Å². The lowest BCUT2D eigenvalue weighted by Crippen LogP contribution is -2.21. The second kappa shape index (κ2) is 7.39. The summed E-state index contributed by atoms with van der Waals surface area (Å²) in [5.41, 5.74) is 1.29. The van der Waals surface area contributed by atoms with Crippen LogP contribution in [0.3, 0.4) is 0 Å². The molecule has 1 aliphatic heterocycles. The highest BCUT2D eigenvalue weighted by Gasteiger charge is 2.13. The average molecular weight is 248 g/mol. The molecule has 0 aliphatic carbocycles. The second-order valence-corrected chi connectivity index (χ2v) is 4.96.